The Kier molecular flexibility index (Phi) is 4.28. The van der Waals surface area contributed by atoms with Crippen LogP contribution < -0.4 is 0 Å². The number of hydrogen-bond donors (Lipinski definition) is 0. The standard InChI is InChI=1S/C12H18ClNO3S2/c1-9-11(6-10(7-13)18-9)19(15,16)14-4-5-17-8-12(14,2)3/h6H,4-5,7-8H2,1-3H3. The van der Waals surface area contributed by atoms with Crippen molar-refractivity contribution in [2.45, 2.75) is 37.1 Å². The van der Waals surface area contributed by atoms with Crippen LogP contribution in [0.2, 0.25) is 0 Å². The van der Waals surface area contributed by atoms with Gasteiger partial charge in [0.15, 0.2) is 0 Å². The van der Waals surface area contributed by atoms with Gasteiger partial charge in [-0.3, -0.25) is 0 Å². The largest absolute Gasteiger partial charge is 0.378 e. The first-order valence-corrected chi connectivity index (χ1v) is 8.84. The van der Waals surface area contributed by atoms with Gasteiger partial charge in [-0.15, -0.1) is 22.9 Å². The van der Waals surface area contributed by atoms with E-state index < -0.39 is 15.6 Å². The van der Waals surface area contributed by atoms with E-state index in [0.717, 1.165) is 9.75 Å². The van der Waals surface area contributed by atoms with Gasteiger partial charge in [-0.2, -0.15) is 4.31 Å². The van der Waals surface area contributed by atoms with Crippen molar-refractivity contribution in [2.75, 3.05) is 19.8 Å². The number of halogens is 1. The molecule has 0 spiro atoms. The van der Waals surface area contributed by atoms with Crippen molar-refractivity contribution in [1.29, 1.82) is 0 Å². The predicted molar refractivity (Wildman–Crippen MR) is 77.4 cm³/mol. The topological polar surface area (TPSA) is 46.6 Å². The van der Waals surface area contributed by atoms with Gasteiger partial charge in [0.2, 0.25) is 10.0 Å². The summed E-state index contributed by atoms with van der Waals surface area (Å²) in [5.74, 6) is 0.341. The van der Waals surface area contributed by atoms with Crippen molar-refractivity contribution in [2.24, 2.45) is 0 Å². The predicted octanol–water partition coefficient (Wildman–Crippen LogP) is 2.59. The molecule has 19 heavy (non-hydrogen) atoms. The zero-order chi connectivity index (χ0) is 14.3. The summed E-state index contributed by atoms with van der Waals surface area (Å²) in [5, 5.41) is 0. The number of nitrogens with zero attached hydrogens (tertiary/aromatic N) is 1. The summed E-state index contributed by atoms with van der Waals surface area (Å²) < 4.78 is 32.5. The van der Waals surface area contributed by atoms with Gasteiger partial charge >= 0.3 is 0 Å². The lowest BCUT2D eigenvalue weighted by atomic mass is 10.1. The highest BCUT2D eigenvalue weighted by atomic mass is 35.5. The molecule has 2 heterocycles. The molecule has 0 N–H and O–H groups in total. The molecule has 0 bridgehead atoms. The molecule has 0 saturated carbocycles. The number of hydrogen-bond acceptors (Lipinski definition) is 4. The lowest BCUT2D eigenvalue weighted by Crippen LogP contribution is -2.55. The third kappa shape index (κ3) is 2.83. The first kappa shape index (κ1) is 15.3. The molecule has 108 valence electrons. The maximum absolute atomic E-state index is 12.8. The molecule has 1 aromatic heterocycles. The van der Waals surface area contributed by atoms with E-state index in [1.807, 2.05) is 20.8 Å². The normalized spacial score (nSPS) is 20.6. The number of thiophene rings is 1. The Balaban J connectivity index is 2.43. The summed E-state index contributed by atoms with van der Waals surface area (Å²) in [5.41, 5.74) is -0.521. The summed E-state index contributed by atoms with van der Waals surface area (Å²) in [6, 6.07) is 1.69. The van der Waals surface area contributed by atoms with E-state index in [4.69, 9.17) is 16.3 Å². The van der Waals surface area contributed by atoms with Gasteiger partial charge in [-0.1, -0.05) is 0 Å². The molecule has 0 atom stereocenters. The second kappa shape index (κ2) is 5.33. The molecule has 1 aromatic rings. The van der Waals surface area contributed by atoms with E-state index in [2.05, 4.69) is 0 Å². The molecule has 7 heteroatoms. The van der Waals surface area contributed by atoms with Crippen LogP contribution in [-0.4, -0.2) is 38.0 Å². The average molecular weight is 324 g/mol. The van der Waals surface area contributed by atoms with Crippen LogP contribution in [0.25, 0.3) is 0 Å². The summed E-state index contributed by atoms with van der Waals surface area (Å²) in [7, 11) is -3.48. The third-order valence-electron chi connectivity index (χ3n) is 3.19. The van der Waals surface area contributed by atoms with Crippen LogP contribution in [0.3, 0.4) is 0 Å². The Morgan fingerprint density at radius 1 is 1.53 bits per heavy atom. The molecule has 0 aliphatic carbocycles. The zero-order valence-electron chi connectivity index (χ0n) is 11.3. The Bertz CT molecular complexity index is 566. The lowest BCUT2D eigenvalue weighted by Gasteiger charge is -2.40. The highest BCUT2D eigenvalue weighted by Crippen LogP contribution is 2.33. The fourth-order valence-corrected chi connectivity index (χ4v) is 5.71. The van der Waals surface area contributed by atoms with Crippen molar-refractivity contribution >= 4 is 33.0 Å². The average Bonchev–Trinajstić information content (AvgIpc) is 2.70. The molecule has 2 rings (SSSR count). The molecular formula is C12H18ClNO3S2. The number of sulfonamides is 1. The fraction of sp³-hybridized carbons (Fsp3) is 0.667. The van der Waals surface area contributed by atoms with Gasteiger partial charge in [0.05, 0.1) is 29.5 Å². The highest BCUT2D eigenvalue weighted by Gasteiger charge is 2.40. The van der Waals surface area contributed by atoms with Crippen LogP contribution in [0.1, 0.15) is 23.6 Å². The SMILES string of the molecule is Cc1sc(CCl)cc1S(=O)(=O)N1CCOCC1(C)C. The van der Waals surface area contributed by atoms with Gasteiger partial charge in [0.1, 0.15) is 0 Å². The second-order valence-electron chi connectivity index (χ2n) is 5.21. The van der Waals surface area contributed by atoms with Gasteiger partial charge in [-0.05, 0) is 26.8 Å². The Morgan fingerprint density at radius 2 is 2.21 bits per heavy atom. The monoisotopic (exact) mass is 323 g/mol. The summed E-state index contributed by atoms with van der Waals surface area (Å²) >= 11 is 7.22. The van der Waals surface area contributed by atoms with Crippen LogP contribution in [0.5, 0.6) is 0 Å². The first-order chi connectivity index (χ1) is 8.79. The number of ether oxygens (including phenoxy) is 1. The summed E-state index contributed by atoms with van der Waals surface area (Å²) in [6.07, 6.45) is 0. The van der Waals surface area contributed by atoms with Gasteiger partial charge in [0, 0.05) is 16.3 Å². The molecule has 0 unspecified atom stereocenters. The van der Waals surface area contributed by atoms with Gasteiger partial charge in [-0.25, -0.2) is 8.42 Å². The third-order valence-corrected chi connectivity index (χ3v) is 7.06. The van der Waals surface area contributed by atoms with E-state index in [0.29, 0.717) is 30.5 Å². The summed E-state index contributed by atoms with van der Waals surface area (Å²) in [6.45, 7) is 6.83. The fourth-order valence-electron chi connectivity index (χ4n) is 2.25. The minimum atomic E-state index is -3.48. The zero-order valence-corrected chi connectivity index (χ0v) is 13.7. The maximum Gasteiger partial charge on any atom is 0.244 e. The van der Waals surface area contributed by atoms with Crippen molar-refractivity contribution < 1.29 is 13.2 Å². The molecule has 0 amide bonds. The van der Waals surface area contributed by atoms with Crippen molar-refractivity contribution in [1.82, 2.24) is 4.31 Å². The second-order valence-corrected chi connectivity index (χ2v) is 8.65. The molecule has 1 saturated heterocycles. The number of morpholine rings is 1. The molecule has 1 fully saturated rings. The molecule has 1 aliphatic rings. The Morgan fingerprint density at radius 3 is 2.74 bits per heavy atom. The minimum absolute atomic E-state index is 0.341. The number of rotatable bonds is 3. The molecule has 1 aliphatic heterocycles. The van der Waals surface area contributed by atoms with E-state index in [1.165, 1.54) is 15.6 Å². The quantitative estimate of drug-likeness (QED) is 0.803. The Labute approximate surface area is 123 Å². The Hall–Kier alpha value is -0.140. The van der Waals surface area contributed by atoms with Crippen molar-refractivity contribution in [3.8, 4) is 0 Å². The van der Waals surface area contributed by atoms with Crippen molar-refractivity contribution in [3.05, 3.63) is 15.8 Å². The molecule has 0 radical (unpaired) electrons. The maximum atomic E-state index is 12.8. The van der Waals surface area contributed by atoms with Crippen LogP contribution in [-0.2, 0) is 20.6 Å². The van der Waals surface area contributed by atoms with Crippen molar-refractivity contribution in [3.63, 3.8) is 0 Å². The van der Waals surface area contributed by atoms with Gasteiger partial charge < -0.3 is 4.74 Å². The number of aryl methyl sites for hydroxylation is 1. The van der Waals surface area contributed by atoms with Crippen LogP contribution in [0.4, 0.5) is 0 Å². The first-order valence-electron chi connectivity index (χ1n) is 6.05. The van der Waals surface area contributed by atoms with E-state index in [-0.39, 0.29) is 0 Å². The van der Waals surface area contributed by atoms with Gasteiger partial charge in [0.25, 0.3) is 0 Å². The van der Waals surface area contributed by atoms with Crippen LogP contribution >= 0.6 is 22.9 Å². The van der Waals surface area contributed by atoms with E-state index >= 15 is 0 Å². The molecule has 4 nitrogen and oxygen atoms in total. The minimum Gasteiger partial charge on any atom is -0.378 e. The lowest BCUT2D eigenvalue weighted by molar-refractivity contribution is -0.00771. The van der Waals surface area contributed by atoms with Crippen LogP contribution in [0.15, 0.2) is 11.0 Å². The summed E-state index contributed by atoms with van der Waals surface area (Å²) in [4.78, 5) is 2.05. The molecule has 0 aromatic carbocycles. The highest BCUT2D eigenvalue weighted by molar-refractivity contribution is 7.89. The van der Waals surface area contributed by atoms with E-state index in [9.17, 15) is 8.42 Å². The van der Waals surface area contributed by atoms with E-state index in [1.54, 1.807) is 6.07 Å². The smallest absolute Gasteiger partial charge is 0.244 e. The molecular weight excluding hydrogens is 306 g/mol. The number of alkyl halides is 1. The van der Waals surface area contributed by atoms with Crippen LogP contribution in [0, 0.1) is 6.92 Å².